The van der Waals surface area contributed by atoms with E-state index >= 15 is 0 Å². The molecule has 0 bridgehead atoms. The van der Waals surface area contributed by atoms with E-state index in [1.54, 1.807) is 0 Å². The minimum absolute atomic E-state index is 0.169. The maximum atomic E-state index is 12.0. The van der Waals surface area contributed by atoms with E-state index in [-0.39, 0.29) is 17.9 Å². The molecule has 2 atom stereocenters. The van der Waals surface area contributed by atoms with Crippen LogP contribution in [0.3, 0.4) is 0 Å². The topological polar surface area (TPSA) is 38.3 Å². The highest BCUT2D eigenvalue weighted by Gasteiger charge is 2.44. The van der Waals surface area contributed by atoms with E-state index in [9.17, 15) is 4.79 Å². The first-order valence-electron chi connectivity index (χ1n) is 7.54. The van der Waals surface area contributed by atoms with Crippen LogP contribution in [0.5, 0.6) is 0 Å². The van der Waals surface area contributed by atoms with Crippen LogP contribution in [0.1, 0.15) is 43.7 Å². The minimum Gasteiger partial charge on any atom is -0.379 e. The standard InChI is InChI=1S/C17H25NO2/c1-12(2)20-10-6-9-18-17(19)16-11-15(16)14-8-5-4-7-13(14)3/h4-5,7-8,12,15-16H,6,9-11H2,1-3H3,(H,18,19). The van der Waals surface area contributed by atoms with Gasteiger partial charge >= 0.3 is 0 Å². The molecule has 0 aromatic heterocycles. The van der Waals surface area contributed by atoms with Gasteiger partial charge in [0.2, 0.25) is 5.91 Å². The van der Waals surface area contributed by atoms with Gasteiger partial charge in [0, 0.05) is 19.1 Å². The first-order valence-corrected chi connectivity index (χ1v) is 7.54. The van der Waals surface area contributed by atoms with Crippen molar-refractivity contribution in [1.82, 2.24) is 5.32 Å². The summed E-state index contributed by atoms with van der Waals surface area (Å²) in [7, 11) is 0. The third kappa shape index (κ3) is 4.07. The lowest BCUT2D eigenvalue weighted by Crippen LogP contribution is -2.27. The first-order chi connectivity index (χ1) is 9.59. The lowest BCUT2D eigenvalue weighted by molar-refractivity contribution is -0.122. The van der Waals surface area contributed by atoms with Gasteiger partial charge in [-0.3, -0.25) is 4.79 Å². The molecule has 1 aromatic carbocycles. The first kappa shape index (κ1) is 15.0. The van der Waals surface area contributed by atoms with Crippen LogP contribution >= 0.6 is 0 Å². The summed E-state index contributed by atoms with van der Waals surface area (Å²) in [6, 6.07) is 8.36. The summed E-state index contributed by atoms with van der Waals surface area (Å²) >= 11 is 0. The summed E-state index contributed by atoms with van der Waals surface area (Å²) < 4.78 is 5.45. The van der Waals surface area contributed by atoms with E-state index < -0.39 is 0 Å². The van der Waals surface area contributed by atoms with E-state index in [0.717, 1.165) is 12.8 Å². The second-order valence-electron chi connectivity index (χ2n) is 5.87. The van der Waals surface area contributed by atoms with E-state index in [2.05, 4.69) is 30.4 Å². The molecule has 1 aliphatic carbocycles. The Kier molecular flexibility index (Phi) is 5.18. The molecule has 0 saturated heterocycles. The zero-order valence-corrected chi connectivity index (χ0v) is 12.7. The summed E-state index contributed by atoms with van der Waals surface area (Å²) in [4.78, 5) is 12.0. The lowest BCUT2D eigenvalue weighted by atomic mass is 10.0. The van der Waals surface area contributed by atoms with Crippen LogP contribution < -0.4 is 5.32 Å². The Bertz CT molecular complexity index is 456. The van der Waals surface area contributed by atoms with Gasteiger partial charge in [0.15, 0.2) is 0 Å². The zero-order valence-electron chi connectivity index (χ0n) is 12.7. The molecule has 20 heavy (non-hydrogen) atoms. The summed E-state index contributed by atoms with van der Waals surface area (Å²) in [6.07, 6.45) is 2.13. The highest BCUT2D eigenvalue weighted by Crippen LogP contribution is 2.48. The van der Waals surface area contributed by atoms with Crippen molar-refractivity contribution in [2.75, 3.05) is 13.2 Å². The van der Waals surface area contributed by atoms with Crippen molar-refractivity contribution in [3.63, 3.8) is 0 Å². The van der Waals surface area contributed by atoms with Crippen molar-refractivity contribution in [2.24, 2.45) is 5.92 Å². The Morgan fingerprint density at radius 3 is 2.85 bits per heavy atom. The Labute approximate surface area is 121 Å². The van der Waals surface area contributed by atoms with Crippen LogP contribution in [0, 0.1) is 12.8 Å². The fraction of sp³-hybridized carbons (Fsp3) is 0.588. The molecular formula is C17H25NO2. The summed E-state index contributed by atoms with van der Waals surface area (Å²) in [5.41, 5.74) is 2.62. The van der Waals surface area contributed by atoms with Gasteiger partial charge in [0.05, 0.1) is 6.10 Å². The summed E-state index contributed by atoms with van der Waals surface area (Å²) in [5.74, 6) is 0.785. The van der Waals surface area contributed by atoms with Gasteiger partial charge in [-0.25, -0.2) is 0 Å². The number of hydrogen-bond acceptors (Lipinski definition) is 2. The molecule has 1 N–H and O–H groups in total. The van der Waals surface area contributed by atoms with Gasteiger partial charge in [0.1, 0.15) is 0 Å². The van der Waals surface area contributed by atoms with Crippen molar-refractivity contribution in [1.29, 1.82) is 0 Å². The fourth-order valence-electron chi connectivity index (χ4n) is 2.57. The molecule has 3 nitrogen and oxygen atoms in total. The normalized spacial score (nSPS) is 21.0. The monoisotopic (exact) mass is 275 g/mol. The molecule has 1 saturated carbocycles. The number of amides is 1. The van der Waals surface area contributed by atoms with Gasteiger partial charge in [-0.15, -0.1) is 0 Å². The van der Waals surface area contributed by atoms with E-state index in [1.165, 1.54) is 11.1 Å². The molecular weight excluding hydrogens is 250 g/mol. The quantitative estimate of drug-likeness (QED) is 0.777. The number of carbonyl (C=O) groups is 1. The van der Waals surface area contributed by atoms with Gasteiger partial charge in [0.25, 0.3) is 0 Å². The Balaban J connectivity index is 1.70. The molecule has 1 aliphatic rings. The molecule has 1 aromatic rings. The molecule has 0 spiro atoms. The maximum absolute atomic E-state index is 12.0. The molecule has 0 aliphatic heterocycles. The average molecular weight is 275 g/mol. The van der Waals surface area contributed by atoms with Crippen molar-refractivity contribution >= 4 is 5.91 Å². The molecule has 1 fully saturated rings. The second kappa shape index (κ2) is 6.89. The molecule has 1 amide bonds. The van der Waals surface area contributed by atoms with Crippen LogP contribution in [-0.4, -0.2) is 25.2 Å². The van der Waals surface area contributed by atoms with Gasteiger partial charge in [-0.1, -0.05) is 24.3 Å². The number of ether oxygens (including phenoxy) is 1. The fourth-order valence-corrected chi connectivity index (χ4v) is 2.57. The maximum Gasteiger partial charge on any atom is 0.223 e. The van der Waals surface area contributed by atoms with E-state index in [1.807, 2.05) is 19.9 Å². The van der Waals surface area contributed by atoms with Crippen LogP contribution in [0.4, 0.5) is 0 Å². The lowest BCUT2D eigenvalue weighted by Gasteiger charge is -2.08. The summed E-state index contributed by atoms with van der Waals surface area (Å²) in [6.45, 7) is 7.59. The van der Waals surface area contributed by atoms with Gasteiger partial charge in [-0.05, 0) is 50.7 Å². The largest absolute Gasteiger partial charge is 0.379 e. The molecule has 2 rings (SSSR count). The summed E-state index contributed by atoms with van der Waals surface area (Å²) in [5, 5.41) is 3.02. The van der Waals surface area contributed by atoms with Crippen molar-refractivity contribution in [3.8, 4) is 0 Å². The molecule has 3 heteroatoms. The number of rotatable bonds is 7. The van der Waals surface area contributed by atoms with E-state index in [0.29, 0.717) is 19.1 Å². The highest BCUT2D eigenvalue weighted by atomic mass is 16.5. The van der Waals surface area contributed by atoms with E-state index in [4.69, 9.17) is 4.74 Å². The number of aryl methyl sites for hydroxylation is 1. The number of carbonyl (C=O) groups excluding carboxylic acids is 1. The number of benzene rings is 1. The third-order valence-electron chi connectivity index (χ3n) is 3.79. The Hall–Kier alpha value is -1.35. The molecule has 0 heterocycles. The van der Waals surface area contributed by atoms with Crippen LogP contribution in [0.15, 0.2) is 24.3 Å². The van der Waals surface area contributed by atoms with Crippen LogP contribution in [0.2, 0.25) is 0 Å². The van der Waals surface area contributed by atoms with Crippen LogP contribution in [-0.2, 0) is 9.53 Å². The SMILES string of the molecule is Cc1ccccc1C1CC1C(=O)NCCCOC(C)C. The average Bonchev–Trinajstić information content (AvgIpc) is 3.18. The predicted octanol–water partition coefficient (Wildman–Crippen LogP) is 3.03. The molecule has 110 valence electrons. The van der Waals surface area contributed by atoms with Gasteiger partial charge in [-0.2, -0.15) is 0 Å². The van der Waals surface area contributed by atoms with Crippen molar-refractivity contribution in [2.45, 2.75) is 45.6 Å². The number of nitrogens with one attached hydrogen (secondary N) is 1. The van der Waals surface area contributed by atoms with Crippen molar-refractivity contribution in [3.05, 3.63) is 35.4 Å². The minimum atomic E-state index is 0.169. The second-order valence-corrected chi connectivity index (χ2v) is 5.87. The van der Waals surface area contributed by atoms with Crippen molar-refractivity contribution < 1.29 is 9.53 Å². The Morgan fingerprint density at radius 2 is 2.15 bits per heavy atom. The zero-order chi connectivity index (χ0) is 14.5. The number of hydrogen-bond donors (Lipinski definition) is 1. The smallest absolute Gasteiger partial charge is 0.223 e. The predicted molar refractivity (Wildman–Crippen MR) is 80.7 cm³/mol. The highest BCUT2D eigenvalue weighted by molar-refractivity contribution is 5.82. The third-order valence-corrected chi connectivity index (χ3v) is 3.79. The van der Waals surface area contributed by atoms with Gasteiger partial charge < -0.3 is 10.1 Å². The molecule has 0 radical (unpaired) electrons. The molecule has 2 unspecified atom stereocenters. The Morgan fingerprint density at radius 1 is 1.40 bits per heavy atom. The van der Waals surface area contributed by atoms with Crippen LogP contribution in [0.25, 0.3) is 0 Å².